The highest BCUT2D eigenvalue weighted by Crippen LogP contribution is 2.28. The molecule has 4 rings (SSSR count). The first-order valence-electron chi connectivity index (χ1n) is 11.3. The van der Waals surface area contributed by atoms with Crippen molar-refractivity contribution in [2.24, 2.45) is 0 Å². The molecule has 9 heteroatoms. The SMILES string of the molecule is COc1ccc(S(=O)(=O)N2CCCC2)cc1CCC(=O)Nc1ccc(N2CCCC2=O)cc1. The lowest BCUT2D eigenvalue weighted by Crippen LogP contribution is -2.28. The van der Waals surface area contributed by atoms with E-state index in [1.54, 1.807) is 35.2 Å². The molecule has 8 nitrogen and oxygen atoms in total. The normalized spacial score (nSPS) is 16.9. The Morgan fingerprint density at radius 3 is 2.39 bits per heavy atom. The number of aryl methyl sites for hydroxylation is 1. The van der Waals surface area contributed by atoms with E-state index in [-0.39, 0.29) is 23.1 Å². The van der Waals surface area contributed by atoms with Crippen LogP contribution < -0.4 is 15.0 Å². The summed E-state index contributed by atoms with van der Waals surface area (Å²) < 4.78 is 32.7. The topological polar surface area (TPSA) is 96.0 Å². The van der Waals surface area contributed by atoms with Gasteiger partial charge in [-0.2, -0.15) is 4.31 Å². The van der Waals surface area contributed by atoms with Crippen molar-refractivity contribution in [2.45, 2.75) is 43.4 Å². The smallest absolute Gasteiger partial charge is 0.243 e. The quantitative estimate of drug-likeness (QED) is 0.638. The Labute approximate surface area is 194 Å². The van der Waals surface area contributed by atoms with Crippen LogP contribution in [0.4, 0.5) is 11.4 Å². The Bertz CT molecular complexity index is 1130. The first-order valence-corrected chi connectivity index (χ1v) is 12.7. The lowest BCUT2D eigenvalue weighted by Gasteiger charge is -2.17. The van der Waals surface area contributed by atoms with Crippen molar-refractivity contribution in [3.05, 3.63) is 48.0 Å². The van der Waals surface area contributed by atoms with E-state index in [1.807, 2.05) is 12.1 Å². The predicted octanol–water partition coefficient (Wildman–Crippen LogP) is 3.18. The van der Waals surface area contributed by atoms with Gasteiger partial charge >= 0.3 is 0 Å². The number of amides is 2. The van der Waals surface area contributed by atoms with Crippen LogP contribution in [0.25, 0.3) is 0 Å². The van der Waals surface area contributed by atoms with E-state index in [2.05, 4.69) is 5.32 Å². The average Bonchev–Trinajstić information content (AvgIpc) is 3.50. The lowest BCUT2D eigenvalue weighted by atomic mass is 10.1. The summed E-state index contributed by atoms with van der Waals surface area (Å²) >= 11 is 0. The zero-order valence-electron chi connectivity index (χ0n) is 18.7. The third kappa shape index (κ3) is 5.20. The van der Waals surface area contributed by atoms with Crippen LogP contribution in [0.2, 0.25) is 0 Å². The summed E-state index contributed by atoms with van der Waals surface area (Å²) in [5, 5.41) is 2.86. The van der Waals surface area contributed by atoms with Crippen LogP contribution in [0.15, 0.2) is 47.4 Å². The molecule has 1 N–H and O–H groups in total. The van der Waals surface area contributed by atoms with E-state index in [0.29, 0.717) is 42.9 Å². The van der Waals surface area contributed by atoms with E-state index in [4.69, 9.17) is 4.74 Å². The van der Waals surface area contributed by atoms with Gasteiger partial charge in [0, 0.05) is 43.9 Å². The van der Waals surface area contributed by atoms with Crippen LogP contribution in [0.1, 0.15) is 37.7 Å². The van der Waals surface area contributed by atoms with E-state index in [9.17, 15) is 18.0 Å². The highest BCUT2D eigenvalue weighted by atomic mass is 32.2. The van der Waals surface area contributed by atoms with Crippen molar-refractivity contribution in [3.8, 4) is 5.75 Å². The molecular formula is C24H29N3O5S. The summed E-state index contributed by atoms with van der Waals surface area (Å²) in [5.74, 6) is 0.493. The van der Waals surface area contributed by atoms with Crippen molar-refractivity contribution < 1.29 is 22.7 Å². The molecule has 0 aliphatic carbocycles. The molecule has 2 aromatic rings. The van der Waals surface area contributed by atoms with Crippen LogP contribution in [0.3, 0.4) is 0 Å². The molecule has 2 aromatic carbocycles. The minimum atomic E-state index is -3.54. The van der Waals surface area contributed by atoms with Gasteiger partial charge in [0.2, 0.25) is 21.8 Å². The van der Waals surface area contributed by atoms with Crippen LogP contribution in [0, 0.1) is 0 Å². The number of nitrogens with one attached hydrogen (secondary N) is 1. The van der Waals surface area contributed by atoms with Crippen molar-refractivity contribution in [1.82, 2.24) is 4.31 Å². The molecule has 33 heavy (non-hydrogen) atoms. The molecule has 0 aromatic heterocycles. The van der Waals surface area contributed by atoms with Crippen LogP contribution >= 0.6 is 0 Å². The number of benzene rings is 2. The molecule has 176 valence electrons. The fourth-order valence-corrected chi connectivity index (χ4v) is 5.87. The number of sulfonamides is 1. The number of ether oxygens (including phenoxy) is 1. The Hall–Kier alpha value is -2.91. The largest absolute Gasteiger partial charge is 0.496 e. The maximum atomic E-state index is 12.9. The second-order valence-corrected chi connectivity index (χ2v) is 10.3. The van der Waals surface area contributed by atoms with Crippen LogP contribution in [0.5, 0.6) is 5.75 Å². The molecule has 0 bridgehead atoms. The Kier molecular flexibility index (Phi) is 6.99. The van der Waals surface area contributed by atoms with Crippen molar-refractivity contribution in [2.75, 3.05) is 37.0 Å². The molecule has 0 atom stereocenters. The summed E-state index contributed by atoms with van der Waals surface area (Å²) in [5.41, 5.74) is 2.15. The van der Waals surface area contributed by atoms with Gasteiger partial charge in [0.25, 0.3) is 0 Å². The molecular weight excluding hydrogens is 442 g/mol. The molecule has 0 saturated carbocycles. The first kappa shape index (κ1) is 23.3. The standard InChI is InChI=1S/C24H29N3O5S/c1-32-22-12-11-21(33(30,31)26-14-2-3-15-26)17-18(22)6-13-23(28)25-19-7-9-20(10-8-19)27-16-4-5-24(27)29/h7-12,17H,2-6,13-16H2,1H3,(H,25,28). The summed E-state index contributed by atoms with van der Waals surface area (Å²) in [4.78, 5) is 26.4. The number of nitrogens with zero attached hydrogens (tertiary/aromatic N) is 2. The van der Waals surface area contributed by atoms with Crippen LogP contribution in [-0.2, 0) is 26.0 Å². The Morgan fingerprint density at radius 1 is 1.03 bits per heavy atom. The third-order valence-electron chi connectivity index (χ3n) is 6.11. The maximum absolute atomic E-state index is 12.9. The van der Waals surface area contributed by atoms with Crippen molar-refractivity contribution in [3.63, 3.8) is 0 Å². The van der Waals surface area contributed by atoms with Crippen molar-refractivity contribution in [1.29, 1.82) is 0 Å². The molecule has 2 amide bonds. The van der Waals surface area contributed by atoms with Gasteiger partial charge in [-0.05, 0) is 73.7 Å². The second kappa shape index (κ2) is 9.93. The number of hydrogen-bond acceptors (Lipinski definition) is 5. The summed E-state index contributed by atoms with van der Waals surface area (Å²) in [6.07, 6.45) is 3.70. The Balaban J connectivity index is 1.39. The number of methoxy groups -OCH3 is 1. The average molecular weight is 472 g/mol. The summed E-state index contributed by atoms with van der Waals surface area (Å²) in [6, 6.07) is 12.0. The van der Waals surface area contributed by atoms with Crippen molar-refractivity contribution >= 4 is 33.2 Å². The van der Waals surface area contributed by atoms with Gasteiger partial charge in [-0.25, -0.2) is 8.42 Å². The molecule has 0 radical (unpaired) electrons. The number of carbonyl (C=O) groups is 2. The van der Waals surface area contributed by atoms with E-state index < -0.39 is 10.0 Å². The third-order valence-corrected chi connectivity index (χ3v) is 8.01. The van der Waals surface area contributed by atoms with Gasteiger partial charge in [0.15, 0.2) is 0 Å². The van der Waals surface area contributed by atoms with Crippen LogP contribution in [-0.4, -0.2) is 51.3 Å². The molecule has 0 spiro atoms. The second-order valence-electron chi connectivity index (χ2n) is 8.33. The number of anilines is 2. The fourth-order valence-electron chi connectivity index (χ4n) is 4.31. The molecule has 2 heterocycles. The molecule has 0 unspecified atom stereocenters. The van der Waals surface area contributed by atoms with Gasteiger partial charge in [-0.3, -0.25) is 9.59 Å². The maximum Gasteiger partial charge on any atom is 0.243 e. The minimum Gasteiger partial charge on any atom is -0.496 e. The zero-order valence-corrected chi connectivity index (χ0v) is 19.6. The molecule has 2 fully saturated rings. The van der Waals surface area contributed by atoms with Gasteiger partial charge in [0.05, 0.1) is 12.0 Å². The Morgan fingerprint density at radius 2 is 1.76 bits per heavy atom. The minimum absolute atomic E-state index is 0.120. The number of carbonyl (C=O) groups excluding carboxylic acids is 2. The summed E-state index contributed by atoms with van der Waals surface area (Å²) in [6.45, 7) is 1.80. The molecule has 2 aliphatic rings. The van der Waals surface area contributed by atoms with E-state index >= 15 is 0 Å². The van der Waals surface area contributed by atoms with E-state index in [0.717, 1.165) is 31.5 Å². The predicted molar refractivity (Wildman–Crippen MR) is 126 cm³/mol. The van der Waals surface area contributed by atoms with E-state index in [1.165, 1.54) is 11.4 Å². The first-order chi connectivity index (χ1) is 15.9. The highest BCUT2D eigenvalue weighted by molar-refractivity contribution is 7.89. The van der Waals surface area contributed by atoms with Gasteiger partial charge in [-0.1, -0.05) is 0 Å². The monoisotopic (exact) mass is 471 g/mol. The van der Waals surface area contributed by atoms with Gasteiger partial charge in [-0.15, -0.1) is 0 Å². The summed E-state index contributed by atoms with van der Waals surface area (Å²) in [7, 11) is -2.01. The molecule has 2 aliphatic heterocycles. The number of rotatable bonds is 8. The zero-order chi connectivity index (χ0) is 23.4. The lowest BCUT2D eigenvalue weighted by molar-refractivity contribution is -0.117. The van der Waals surface area contributed by atoms with Gasteiger partial charge < -0.3 is 15.0 Å². The fraction of sp³-hybridized carbons (Fsp3) is 0.417. The molecule has 2 saturated heterocycles. The van der Waals surface area contributed by atoms with Gasteiger partial charge in [0.1, 0.15) is 5.75 Å². The highest BCUT2D eigenvalue weighted by Gasteiger charge is 2.28. The number of hydrogen-bond donors (Lipinski definition) is 1.